The van der Waals surface area contributed by atoms with Crippen LogP contribution in [-0.2, 0) is 6.54 Å². The summed E-state index contributed by atoms with van der Waals surface area (Å²) in [6.45, 7) is 0.376. The van der Waals surface area contributed by atoms with E-state index in [1.54, 1.807) is 36.4 Å². The van der Waals surface area contributed by atoms with E-state index in [-0.39, 0.29) is 11.1 Å². The Labute approximate surface area is 231 Å². The van der Waals surface area contributed by atoms with Crippen LogP contribution in [0.5, 0.6) is 0 Å². The normalized spacial score (nSPS) is 13.2. The fraction of sp³-hybridized carbons (Fsp3) is 0.147. The molecule has 0 bridgehead atoms. The van der Waals surface area contributed by atoms with Crippen molar-refractivity contribution in [2.75, 3.05) is 0 Å². The molecule has 0 radical (unpaired) electrons. The molecular weight excluding hydrogens is 500 g/mol. The van der Waals surface area contributed by atoms with Gasteiger partial charge in [-0.1, -0.05) is 66.7 Å². The fourth-order valence-electron chi connectivity index (χ4n) is 5.50. The highest BCUT2D eigenvalue weighted by Crippen LogP contribution is 2.34. The van der Waals surface area contributed by atoms with Gasteiger partial charge >= 0.3 is 11.9 Å². The summed E-state index contributed by atoms with van der Waals surface area (Å²) < 4.78 is 2.03. The summed E-state index contributed by atoms with van der Waals surface area (Å²) in [7, 11) is 0. The Morgan fingerprint density at radius 3 is 2.17 bits per heavy atom. The van der Waals surface area contributed by atoms with Crippen molar-refractivity contribution < 1.29 is 19.8 Å². The maximum Gasteiger partial charge on any atom is 0.335 e. The number of fused-ring (bicyclic) bond motifs is 1. The zero-order valence-corrected chi connectivity index (χ0v) is 21.9. The molecule has 1 aliphatic carbocycles. The molecule has 198 valence electrons. The van der Waals surface area contributed by atoms with E-state index in [1.165, 1.54) is 24.0 Å². The summed E-state index contributed by atoms with van der Waals surface area (Å²) in [5.74, 6) is -1.37. The lowest BCUT2D eigenvalue weighted by Crippen LogP contribution is -2.05. The predicted octanol–water partition coefficient (Wildman–Crippen LogP) is 7.77. The molecule has 1 aromatic heterocycles. The minimum Gasteiger partial charge on any atom is -0.478 e. The van der Waals surface area contributed by atoms with Crippen molar-refractivity contribution in [3.63, 3.8) is 0 Å². The van der Waals surface area contributed by atoms with E-state index in [0.29, 0.717) is 17.9 Å². The molecule has 1 aliphatic rings. The SMILES string of the molecule is O=C(O)c1cccc(Cn2c(-c3cccc(C(=O)O)c3)nc3c(-c4ccc(C5=CCCCC5)cc4)cccc32)c1. The molecule has 1 heterocycles. The second kappa shape index (κ2) is 10.7. The third-order valence-electron chi connectivity index (χ3n) is 7.52. The van der Waals surface area contributed by atoms with Gasteiger partial charge in [-0.25, -0.2) is 14.6 Å². The molecule has 0 unspecified atom stereocenters. The smallest absolute Gasteiger partial charge is 0.335 e. The number of carboxylic acid groups (broad SMARTS) is 2. The number of hydrogen-bond donors (Lipinski definition) is 2. The van der Waals surface area contributed by atoms with Crippen LogP contribution in [0.2, 0.25) is 0 Å². The lowest BCUT2D eigenvalue weighted by atomic mass is 9.92. The number of carboxylic acids is 2. The second-order valence-corrected chi connectivity index (χ2v) is 10.1. The van der Waals surface area contributed by atoms with Gasteiger partial charge in [0.1, 0.15) is 5.82 Å². The van der Waals surface area contributed by atoms with Crippen LogP contribution < -0.4 is 0 Å². The number of nitrogens with zero attached hydrogens (tertiary/aromatic N) is 2. The number of aromatic carboxylic acids is 2. The fourth-order valence-corrected chi connectivity index (χ4v) is 5.50. The van der Waals surface area contributed by atoms with E-state index >= 15 is 0 Å². The monoisotopic (exact) mass is 528 g/mol. The Balaban J connectivity index is 1.49. The molecule has 0 saturated heterocycles. The number of para-hydroxylation sites is 1. The highest BCUT2D eigenvalue weighted by Gasteiger charge is 2.18. The maximum absolute atomic E-state index is 11.7. The van der Waals surface area contributed by atoms with Crippen molar-refractivity contribution in [2.24, 2.45) is 0 Å². The van der Waals surface area contributed by atoms with Gasteiger partial charge in [-0.05, 0) is 78.3 Å². The van der Waals surface area contributed by atoms with Crippen molar-refractivity contribution in [1.29, 1.82) is 0 Å². The minimum atomic E-state index is -1.01. The summed E-state index contributed by atoms with van der Waals surface area (Å²) in [6.07, 6.45) is 7.07. The lowest BCUT2D eigenvalue weighted by molar-refractivity contribution is 0.0686. The second-order valence-electron chi connectivity index (χ2n) is 10.1. The van der Waals surface area contributed by atoms with Crippen molar-refractivity contribution >= 4 is 28.5 Å². The molecule has 0 aliphatic heterocycles. The van der Waals surface area contributed by atoms with Crippen molar-refractivity contribution in [3.05, 3.63) is 119 Å². The summed E-state index contributed by atoms with van der Waals surface area (Å²) in [5, 5.41) is 19.1. The highest BCUT2D eigenvalue weighted by molar-refractivity contribution is 5.95. The highest BCUT2D eigenvalue weighted by atomic mass is 16.4. The molecular formula is C34H28N2O4. The Hall–Kier alpha value is -4.97. The van der Waals surface area contributed by atoms with Gasteiger partial charge < -0.3 is 14.8 Å². The van der Waals surface area contributed by atoms with Gasteiger partial charge in [0, 0.05) is 17.7 Å². The van der Waals surface area contributed by atoms with Crippen molar-refractivity contribution in [2.45, 2.75) is 32.2 Å². The molecule has 40 heavy (non-hydrogen) atoms. The first-order valence-electron chi connectivity index (χ1n) is 13.4. The molecule has 6 rings (SSSR count). The standard InChI is InChI=1S/C34H28N2O4/c37-33(38)27-11-4-7-22(19-27)21-36-30-14-6-13-29(25-17-15-24(16-18-25)23-8-2-1-3-9-23)31(30)35-32(36)26-10-5-12-28(20-26)34(39)40/h4-8,10-20H,1-3,9,21H2,(H,37,38)(H,39,40). The number of rotatable bonds is 7. The third kappa shape index (κ3) is 4.92. The number of hydrogen-bond acceptors (Lipinski definition) is 3. The largest absolute Gasteiger partial charge is 0.478 e. The first-order valence-corrected chi connectivity index (χ1v) is 13.4. The maximum atomic E-state index is 11.7. The number of allylic oxidation sites excluding steroid dienone is 2. The Bertz CT molecular complexity index is 1780. The van der Waals surface area contributed by atoms with Crippen molar-refractivity contribution in [3.8, 4) is 22.5 Å². The van der Waals surface area contributed by atoms with Crippen LogP contribution in [0.1, 0.15) is 57.5 Å². The summed E-state index contributed by atoms with van der Waals surface area (Å²) in [5.41, 5.74) is 8.26. The Morgan fingerprint density at radius 1 is 0.750 bits per heavy atom. The van der Waals surface area contributed by atoms with Gasteiger partial charge in [0.05, 0.1) is 22.2 Å². The molecule has 6 nitrogen and oxygen atoms in total. The van der Waals surface area contributed by atoms with E-state index in [4.69, 9.17) is 4.98 Å². The zero-order chi connectivity index (χ0) is 27.6. The quantitative estimate of drug-likeness (QED) is 0.225. The molecule has 0 atom stereocenters. The van der Waals surface area contributed by atoms with Crippen LogP contribution in [0.4, 0.5) is 0 Å². The summed E-state index contributed by atoms with van der Waals surface area (Å²) in [6, 6.07) is 28.3. The van der Waals surface area contributed by atoms with E-state index in [9.17, 15) is 19.8 Å². The van der Waals surface area contributed by atoms with E-state index < -0.39 is 11.9 Å². The van der Waals surface area contributed by atoms with Gasteiger partial charge in [-0.3, -0.25) is 0 Å². The molecule has 5 aromatic rings. The number of imidazole rings is 1. The summed E-state index contributed by atoms with van der Waals surface area (Å²) >= 11 is 0. The zero-order valence-electron chi connectivity index (χ0n) is 21.9. The van der Waals surface area contributed by atoms with Crippen LogP contribution in [0, 0.1) is 0 Å². The summed E-state index contributed by atoms with van der Waals surface area (Å²) in [4.78, 5) is 28.4. The van der Waals surface area contributed by atoms with Gasteiger partial charge in [0.25, 0.3) is 0 Å². The van der Waals surface area contributed by atoms with Gasteiger partial charge in [-0.2, -0.15) is 0 Å². The van der Waals surface area contributed by atoms with Crippen LogP contribution in [0.25, 0.3) is 39.1 Å². The molecule has 0 saturated carbocycles. The van der Waals surface area contributed by atoms with Gasteiger partial charge in [-0.15, -0.1) is 0 Å². The molecule has 6 heteroatoms. The lowest BCUT2D eigenvalue weighted by Gasteiger charge is -2.13. The van der Waals surface area contributed by atoms with Gasteiger partial charge in [0.15, 0.2) is 0 Å². The van der Waals surface area contributed by atoms with Crippen LogP contribution in [-0.4, -0.2) is 31.7 Å². The van der Waals surface area contributed by atoms with Crippen LogP contribution >= 0.6 is 0 Å². The van der Waals surface area contributed by atoms with Crippen molar-refractivity contribution in [1.82, 2.24) is 9.55 Å². The molecule has 0 fully saturated rings. The average molecular weight is 529 g/mol. The van der Waals surface area contributed by atoms with Crippen LogP contribution in [0.15, 0.2) is 97.1 Å². The van der Waals surface area contributed by atoms with Crippen LogP contribution in [0.3, 0.4) is 0 Å². The molecule has 0 spiro atoms. The van der Waals surface area contributed by atoms with E-state index in [2.05, 4.69) is 36.4 Å². The Morgan fingerprint density at radius 2 is 1.45 bits per heavy atom. The van der Waals surface area contributed by atoms with E-state index in [0.717, 1.165) is 40.6 Å². The average Bonchev–Trinajstić information content (AvgIpc) is 3.36. The first kappa shape index (κ1) is 25.3. The van der Waals surface area contributed by atoms with E-state index in [1.807, 2.05) is 28.8 Å². The molecule has 4 aromatic carbocycles. The Kier molecular flexibility index (Phi) is 6.74. The molecule has 0 amide bonds. The number of benzene rings is 4. The number of aromatic nitrogens is 2. The first-order chi connectivity index (χ1) is 19.5. The molecule has 2 N–H and O–H groups in total. The predicted molar refractivity (Wildman–Crippen MR) is 157 cm³/mol. The van der Waals surface area contributed by atoms with Gasteiger partial charge in [0.2, 0.25) is 0 Å². The minimum absolute atomic E-state index is 0.178. The third-order valence-corrected chi connectivity index (χ3v) is 7.52. The number of carbonyl (C=O) groups is 2. The topological polar surface area (TPSA) is 92.4 Å².